The van der Waals surface area contributed by atoms with E-state index in [1.165, 1.54) is 19.1 Å². The molecule has 0 fully saturated rings. The van der Waals surface area contributed by atoms with E-state index in [0.717, 1.165) is 19.3 Å². The van der Waals surface area contributed by atoms with E-state index < -0.39 is 29.4 Å². The summed E-state index contributed by atoms with van der Waals surface area (Å²) in [5, 5.41) is 2.74. The van der Waals surface area contributed by atoms with Gasteiger partial charge in [0.25, 0.3) is 0 Å². The van der Waals surface area contributed by atoms with Crippen molar-refractivity contribution >= 4 is 11.7 Å². The summed E-state index contributed by atoms with van der Waals surface area (Å²) >= 11 is 0. The van der Waals surface area contributed by atoms with E-state index >= 15 is 0 Å². The zero-order valence-corrected chi connectivity index (χ0v) is 17.0. The number of carbonyl (C=O) groups excluding carboxylic acids is 2. The number of hydrogen-bond acceptors (Lipinski definition) is 5. The standard InChI is InChI=1S/C21H24N4O5/c1-5-11-23-19(28)24(12-6-2)21(30)25(20(23)29)13-18(27)17-9-7-16(8-10-17)14(3)22-15(4)26/h5-10,14H,1-2,11-13H2,3-4H3,(H,22,26). The zero-order chi connectivity index (χ0) is 22.4. The predicted octanol–water partition coefficient (Wildman–Crippen LogP) is 0.624. The number of aromatic nitrogens is 3. The first-order valence-corrected chi connectivity index (χ1v) is 9.27. The topological polar surface area (TPSA) is 112 Å². The Morgan fingerprint density at radius 3 is 1.83 bits per heavy atom. The normalized spacial score (nSPS) is 11.5. The molecule has 0 saturated carbocycles. The summed E-state index contributed by atoms with van der Waals surface area (Å²) in [5.41, 5.74) is -1.46. The van der Waals surface area contributed by atoms with Crippen molar-refractivity contribution in [2.75, 3.05) is 0 Å². The fourth-order valence-corrected chi connectivity index (χ4v) is 2.97. The highest BCUT2D eigenvalue weighted by molar-refractivity contribution is 5.95. The molecule has 1 aromatic carbocycles. The number of allylic oxidation sites excluding steroid dienone is 2. The van der Waals surface area contributed by atoms with Crippen LogP contribution in [0.4, 0.5) is 0 Å². The van der Waals surface area contributed by atoms with Gasteiger partial charge in [-0.05, 0) is 12.5 Å². The number of ketones is 1. The van der Waals surface area contributed by atoms with Gasteiger partial charge < -0.3 is 5.32 Å². The first-order valence-electron chi connectivity index (χ1n) is 9.27. The molecule has 2 aromatic rings. The highest BCUT2D eigenvalue weighted by Crippen LogP contribution is 2.14. The Bertz CT molecular complexity index is 1100. The maximum atomic E-state index is 12.7. The molecule has 9 nitrogen and oxygen atoms in total. The van der Waals surface area contributed by atoms with Crippen LogP contribution < -0.4 is 22.4 Å². The van der Waals surface area contributed by atoms with Crippen LogP contribution >= 0.6 is 0 Å². The Balaban J connectivity index is 2.41. The number of benzene rings is 1. The number of Topliss-reactive ketones (excluding diaryl/α,β-unsaturated/α-hetero) is 1. The molecule has 0 spiro atoms. The fourth-order valence-electron chi connectivity index (χ4n) is 2.97. The minimum absolute atomic E-state index is 0.0982. The molecule has 1 amide bonds. The third-order valence-electron chi connectivity index (χ3n) is 4.46. The third-order valence-corrected chi connectivity index (χ3v) is 4.46. The highest BCUT2D eigenvalue weighted by atomic mass is 16.2. The molecule has 1 aromatic heterocycles. The second kappa shape index (κ2) is 9.64. The van der Waals surface area contributed by atoms with Gasteiger partial charge in [-0.3, -0.25) is 9.59 Å². The van der Waals surface area contributed by atoms with Crippen molar-refractivity contribution < 1.29 is 9.59 Å². The molecular formula is C21H24N4O5. The summed E-state index contributed by atoms with van der Waals surface area (Å²) in [6.45, 7) is 9.52. The number of carbonyl (C=O) groups is 2. The summed E-state index contributed by atoms with van der Waals surface area (Å²) in [4.78, 5) is 61.5. The van der Waals surface area contributed by atoms with E-state index in [2.05, 4.69) is 18.5 Å². The second-order valence-electron chi connectivity index (χ2n) is 6.70. The van der Waals surface area contributed by atoms with Crippen molar-refractivity contribution in [2.24, 2.45) is 0 Å². The van der Waals surface area contributed by atoms with Gasteiger partial charge in [-0.1, -0.05) is 36.4 Å². The largest absolute Gasteiger partial charge is 0.350 e. The van der Waals surface area contributed by atoms with Crippen molar-refractivity contribution in [3.8, 4) is 0 Å². The van der Waals surface area contributed by atoms with E-state index in [9.17, 15) is 24.0 Å². The highest BCUT2D eigenvalue weighted by Gasteiger charge is 2.17. The summed E-state index contributed by atoms with van der Waals surface area (Å²) in [7, 11) is 0. The zero-order valence-electron chi connectivity index (χ0n) is 17.0. The monoisotopic (exact) mass is 412 g/mol. The lowest BCUT2D eigenvalue weighted by Crippen LogP contribution is -2.55. The smallest absolute Gasteiger partial charge is 0.337 e. The average molecular weight is 412 g/mol. The van der Waals surface area contributed by atoms with Crippen molar-refractivity contribution in [1.29, 1.82) is 0 Å². The van der Waals surface area contributed by atoms with Crippen molar-refractivity contribution in [2.45, 2.75) is 39.5 Å². The predicted molar refractivity (Wildman–Crippen MR) is 113 cm³/mol. The number of amides is 1. The summed E-state index contributed by atoms with van der Waals surface area (Å²) in [6, 6.07) is 6.26. The molecule has 0 bridgehead atoms. The van der Waals surface area contributed by atoms with Gasteiger partial charge in [0.2, 0.25) is 5.91 Å². The van der Waals surface area contributed by atoms with Gasteiger partial charge >= 0.3 is 17.1 Å². The maximum absolute atomic E-state index is 12.7. The lowest BCUT2D eigenvalue weighted by molar-refractivity contribution is -0.119. The van der Waals surface area contributed by atoms with Gasteiger partial charge in [0.15, 0.2) is 5.78 Å². The van der Waals surface area contributed by atoms with E-state index in [1.807, 2.05) is 6.92 Å². The van der Waals surface area contributed by atoms with Gasteiger partial charge in [-0.2, -0.15) is 0 Å². The van der Waals surface area contributed by atoms with Crippen LogP contribution in [0.15, 0.2) is 64.0 Å². The van der Waals surface area contributed by atoms with Crippen LogP contribution in [0.1, 0.15) is 35.8 Å². The molecule has 30 heavy (non-hydrogen) atoms. The molecule has 1 heterocycles. The van der Waals surface area contributed by atoms with Gasteiger partial charge in [-0.25, -0.2) is 28.1 Å². The number of nitrogens with one attached hydrogen (secondary N) is 1. The maximum Gasteiger partial charge on any atom is 0.337 e. The molecule has 1 unspecified atom stereocenters. The molecule has 2 rings (SSSR count). The van der Waals surface area contributed by atoms with E-state index in [1.54, 1.807) is 24.3 Å². The molecule has 158 valence electrons. The Morgan fingerprint density at radius 1 is 0.933 bits per heavy atom. The Kier molecular flexibility index (Phi) is 7.24. The van der Waals surface area contributed by atoms with Crippen LogP contribution in [-0.2, 0) is 24.4 Å². The summed E-state index contributed by atoms with van der Waals surface area (Å²) in [6.07, 6.45) is 2.71. The molecular weight excluding hydrogens is 388 g/mol. The Labute approximate surface area is 172 Å². The van der Waals surface area contributed by atoms with Crippen molar-refractivity contribution in [3.05, 3.63) is 92.2 Å². The SMILES string of the molecule is C=CCn1c(=O)n(CC=C)c(=O)n(CC(=O)c2ccc(C(C)NC(C)=O)cc2)c1=O. The number of nitrogens with zero attached hydrogens (tertiary/aromatic N) is 3. The minimum Gasteiger partial charge on any atom is -0.350 e. The molecule has 1 atom stereocenters. The molecule has 0 aliphatic carbocycles. The summed E-state index contributed by atoms with van der Waals surface area (Å²) in [5.74, 6) is -0.644. The van der Waals surface area contributed by atoms with Crippen molar-refractivity contribution in [1.82, 2.24) is 19.0 Å². The van der Waals surface area contributed by atoms with Crippen LogP contribution in [0.3, 0.4) is 0 Å². The molecule has 0 aliphatic heterocycles. The first-order chi connectivity index (χ1) is 14.2. The lowest BCUT2D eigenvalue weighted by Gasteiger charge is -2.14. The van der Waals surface area contributed by atoms with Crippen LogP contribution in [0.2, 0.25) is 0 Å². The van der Waals surface area contributed by atoms with Gasteiger partial charge in [0.05, 0.1) is 25.7 Å². The molecule has 0 aliphatic rings. The van der Waals surface area contributed by atoms with Gasteiger partial charge in [0, 0.05) is 12.5 Å². The first kappa shape index (κ1) is 22.5. The van der Waals surface area contributed by atoms with Crippen LogP contribution in [0, 0.1) is 0 Å². The number of hydrogen-bond donors (Lipinski definition) is 1. The molecule has 9 heteroatoms. The van der Waals surface area contributed by atoms with Gasteiger partial charge in [-0.15, -0.1) is 13.2 Å². The van der Waals surface area contributed by atoms with Gasteiger partial charge in [0.1, 0.15) is 0 Å². The second-order valence-corrected chi connectivity index (χ2v) is 6.70. The van der Waals surface area contributed by atoms with Crippen LogP contribution in [-0.4, -0.2) is 25.4 Å². The summed E-state index contributed by atoms with van der Waals surface area (Å²) < 4.78 is 2.40. The number of rotatable bonds is 9. The molecule has 0 saturated heterocycles. The van der Waals surface area contributed by atoms with E-state index in [-0.39, 0.29) is 30.6 Å². The third kappa shape index (κ3) is 4.80. The van der Waals surface area contributed by atoms with Crippen LogP contribution in [0.25, 0.3) is 0 Å². The fraction of sp³-hybridized carbons (Fsp3) is 0.286. The minimum atomic E-state index is -0.880. The van der Waals surface area contributed by atoms with Crippen molar-refractivity contribution in [3.63, 3.8) is 0 Å². The van der Waals surface area contributed by atoms with E-state index in [4.69, 9.17) is 0 Å². The Morgan fingerprint density at radius 2 is 1.40 bits per heavy atom. The molecule has 1 N–H and O–H groups in total. The molecule has 0 radical (unpaired) electrons. The van der Waals surface area contributed by atoms with E-state index in [0.29, 0.717) is 0 Å². The average Bonchev–Trinajstić information content (AvgIpc) is 2.71. The lowest BCUT2D eigenvalue weighted by atomic mass is 10.0. The Hall–Kier alpha value is -3.75. The van der Waals surface area contributed by atoms with Crippen LogP contribution in [0.5, 0.6) is 0 Å². The quantitative estimate of drug-likeness (QED) is 0.479.